The summed E-state index contributed by atoms with van der Waals surface area (Å²) in [6, 6.07) is 1.90. The van der Waals surface area contributed by atoms with Gasteiger partial charge in [0.2, 0.25) is 0 Å². The molecule has 0 amide bonds. The van der Waals surface area contributed by atoms with Crippen molar-refractivity contribution in [3.63, 3.8) is 0 Å². The van der Waals surface area contributed by atoms with Gasteiger partial charge in [-0.25, -0.2) is 0 Å². The lowest BCUT2D eigenvalue weighted by Crippen LogP contribution is -2.30. The average molecular weight is 191 g/mol. The van der Waals surface area contributed by atoms with Crippen LogP contribution >= 0.6 is 0 Å². The van der Waals surface area contributed by atoms with Gasteiger partial charge in [0, 0.05) is 0 Å². The molecular formula is C7H13NO3S. The first-order valence-electron chi connectivity index (χ1n) is 3.58. The van der Waals surface area contributed by atoms with E-state index in [-0.39, 0.29) is 5.92 Å². The molecule has 0 aromatic heterocycles. The highest BCUT2D eigenvalue weighted by molar-refractivity contribution is 7.85. The van der Waals surface area contributed by atoms with Crippen molar-refractivity contribution < 1.29 is 13.0 Å². The van der Waals surface area contributed by atoms with E-state index in [9.17, 15) is 8.42 Å². The van der Waals surface area contributed by atoms with Crippen molar-refractivity contribution in [2.75, 3.05) is 5.75 Å². The summed E-state index contributed by atoms with van der Waals surface area (Å²) >= 11 is 0. The molecule has 0 bridgehead atoms. The Morgan fingerprint density at radius 2 is 2.00 bits per heavy atom. The molecule has 5 heteroatoms. The fourth-order valence-corrected chi connectivity index (χ4v) is 1.86. The standard InChI is InChI=1S/C7H13NO3S/c1-6(2)7(3,4-8)5-12(9,10)11/h6H,5H2,1-3H3,(H,9,10,11)/t7-/m1/s1. The predicted molar refractivity (Wildman–Crippen MR) is 45.0 cm³/mol. The molecular weight excluding hydrogens is 178 g/mol. The van der Waals surface area contributed by atoms with Crippen molar-refractivity contribution in [3.05, 3.63) is 0 Å². The summed E-state index contributed by atoms with van der Waals surface area (Å²) in [5.74, 6) is -0.613. The monoisotopic (exact) mass is 191 g/mol. The fraction of sp³-hybridized carbons (Fsp3) is 0.857. The Labute approximate surface area is 73.0 Å². The van der Waals surface area contributed by atoms with Gasteiger partial charge >= 0.3 is 0 Å². The molecule has 0 saturated carbocycles. The molecule has 1 N–H and O–H groups in total. The van der Waals surface area contributed by atoms with E-state index >= 15 is 0 Å². The number of hydrogen-bond acceptors (Lipinski definition) is 3. The summed E-state index contributed by atoms with van der Waals surface area (Å²) in [5, 5.41) is 8.69. The van der Waals surface area contributed by atoms with Crippen LogP contribution < -0.4 is 0 Å². The molecule has 0 aliphatic heterocycles. The lowest BCUT2D eigenvalue weighted by atomic mass is 9.83. The summed E-state index contributed by atoms with van der Waals surface area (Å²) in [5.41, 5.74) is -1.01. The van der Waals surface area contributed by atoms with Gasteiger partial charge in [0.1, 0.15) is 0 Å². The molecule has 0 heterocycles. The molecule has 0 saturated heterocycles. The minimum absolute atomic E-state index is 0.107. The Morgan fingerprint density at radius 1 is 1.58 bits per heavy atom. The molecule has 0 rings (SSSR count). The zero-order valence-electron chi connectivity index (χ0n) is 7.40. The zero-order chi connectivity index (χ0) is 9.99. The number of rotatable bonds is 3. The molecule has 0 fully saturated rings. The first kappa shape index (κ1) is 11.4. The van der Waals surface area contributed by atoms with Crippen LogP contribution in [-0.2, 0) is 10.1 Å². The number of nitriles is 1. The van der Waals surface area contributed by atoms with Gasteiger partial charge in [-0.3, -0.25) is 4.55 Å². The highest BCUT2D eigenvalue weighted by Gasteiger charge is 2.33. The second-order valence-electron chi connectivity index (χ2n) is 3.41. The minimum atomic E-state index is -4.06. The lowest BCUT2D eigenvalue weighted by Gasteiger charge is -2.23. The van der Waals surface area contributed by atoms with Crippen LogP contribution in [0.1, 0.15) is 20.8 Å². The molecule has 4 nitrogen and oxygen atoms in total. The maximum Gasteiger partial charge on any atom is 0.266 e. The summed E-state index contributed by atoms with van der Waals surface area (Å²) in [7, 11) is -4.06. The predicted octanol–water partition coefficient (Wildman–Crippen LogP) is 1.06. The smallest absolute Gasteiger partial charge is 0.266 e. The largest absolute Gasteiger partial charge is 0.285 e. The van der Waals surface area contributed by atoms with Gasteiger partial charge in [0.25, 0.3) is 10.1 Å². The maximum absolute atomic E-state index is 10.5. The van der Waals surface area contributed by atoms with Gasteiger partial charge in [0.15, 0.2) is 0 Å². The fourth-order valence-electron chi connectivity index (χ4n) is 0.707. The highest BCUT2D eigenvalue weighted by Crippen LogP contribution is 2.27. The van der Waals surface area contributed by atoms with Crippen LogP contribution in [0.4, 0.5) is 0 Å². The normalized spacial score (nSPS) is 17.0. The van der Waals surface area contributed by atoms with Crippen LogP contribution in [0.3, 0.4) is 0 Å². The Bertz CT molecular complexity index is 288. The van der Waals surface area contributed by atoms with E-state index < -0.39 is 21.3 Å². The van der Waals surface area contributed by atoms with E-state index in [1.807, 2.05) is 6.07 Å². The molecule has 0 aromatic carbocycles. The van der Waals surface area contributed by atoms with Crippen molar-refractivity contribution in [1.29, 1.82) is 5.26 Å². The van der Waals surface area contributed by atoms with E-state index in [1.54, 1.807) is 13.8 Å². The van der Waals surface area contributed by atoms with Gasteiger partial charge in [-0.05, 0) is 12.8 Å². The summed E-state index contributed by atoms with van der Waals surface area (Å²) in [6.07, 6.45) is 0. The highest BCUT2D eigenvalue weighted by atomic mass is 32.2. The number of nitrogens with zero attached hydrogens (tertiary/aromatic N) is 1. The molecule has 0 aromatic rings. The third-order valence-corrected chi connectivity index (χ3v) is 2.98. The average Bonchev–Trinajstić information content (AvgIpc) is 1.83. The van der Waals surface area contributed by atoms with E-state index in [2.05, 4.69) is 0 Å². The van der Waals surface area contributed by atoms with E-state index in [1.165, 1.54) is 6.92 Å². The zero-order valence-corrected chi connectivity index (χ0v) is 8.22. The van der Waals surface area contributed by atoms with E-state index in [0.717, 1.165) is 0 Å². The van der Waals surface area contributed by atoms with Crippen LogP contribution in [-0.4, -0.2) is 18.7 Å². The first-order valence-corrected chi connectivity index (χ1v) is 5.18. The lowest BCUT2D eigenvalue weighted by molar-refractivity contribution is 0.335. The summed E-state index contributed by atoms with van der Waals surface area (Å²) in [4.78, 5) is 0. The second kappa shape index (κ2) is 3.42. The van der Waals surface area contributed by atoms with Crippen LogP contribution in [0.25, 0.3) is 0 Å². The van der Waals surface area contributed by atoms with Gasteiger partial charge in [-0.2, -0.15) is 13.7 Å². The first-order chi connectivity index (χ1) is 5.21. The van der Waals surface area contributed by atoms with Gasteiger partial charge in [-0.1, -0.05) is 13.8 Å². The van der Waals surface area contributed by atoms with Crippen LogP contribution in [0, 0.1) is 22.7 Å². The van der Waals surface area contributed by atoms with Gasteiger partial charge in [0.05, 0.1) is 17.2 Å². The number of hydrogen-bond donors (Lipinski definition) is 1. The topological polar surface area (TPSA) is 78.2 Å². The van der Waals surface area contributed by atoms with Crippen molar-refractivity contribution in [2.45, 2.75) is 20.8 Å². The van der Waals surface area contributed by atoms with Crippen molar-refractivity contribution >= 4 is 10.1 Å². The Morgan fingerprint density at radius 3 is 2.08 bits per heavy atom. The minimum Gasteiger partial charge on any atom is -0.285 e. The van der Waals surface area contributed by atoms with Crippen molar-refractivity contribution in [3.8, 4) is 6.07 Å². The summed E-state index contributed by atoms with van der Waals surface area (Å²) in [6.45, 7) is 5.01. The van der Waals surface area contributed by atoms with Gasteiger partial charge in [-0.15, -0.1) is 0 Å². The van der Waals surface area contributed by atoms with Crippen LogP contribution in [0.15, 0.2) is 0 Å². The Hall–Kier alpha value is -0.600. The third kappa shape index (κ3) is 3.20. The second-order valence-corrected chi connectivity index (χ2v) is 4.86. The quantitative estimate of drug-likeness (QED) is 0.676. The maximum atomic E-state index is 10.5. The molecule has 0 unspecified atom stereocenters. The summed E-state index contributed by atoms with van der Waals surface area (Å²) < 4.78 is 29.6. The Kier molecular flexibility index (Phi) is 3.25. The van der Waals surface area contributed by atoms with E-state index in [4.69, 9.17) is 9.81 Å². The molecule has 0 spiro atoms. The molecule has 70 valence electrons. The Balaban J connectivity index is 4.73. The molecule has 0 aliphatic rings. The molecule has 0 aliphatic carbocycles. The molecule has 12 heavy (non-hydrogen) atoms. The SMILES string of the molecule is CC(C)[C@](C)(C#N)CS(=O)(=O)O. The molecule has 0 radical (unpaired) electrons. The third-order valence-electron chi connectivity index (χ3n) is 2.01. The van der Waals surface area contributed by atoms with Crippen LogP contribution in [0.2, 0.25) is 0 Å². The molecule has 1 atom stereocenters. The van der Waals surface area contributed by atoms with Crippen molar-refractivity contribution in [1.82, 2.24) is 0 Å². The van der Waals surface area contributed by atoms with Gasteiger partial charge < -0.3 is 0 Å². The van der Waals surface area contributed by atoms with Crippen molar-refractivity contribution in [2.24, 2.45) is 11.3 Å². The van der Waals surface area contributed by atoms with Crippen LogP contribution in [0.5, 0.6) is 0 Å². The van der Waals surface area contributed by atoms with E-state index in [0.29, 0.717) is 0 Å².